The molecule has 0 aliphatic heterocycles. The van der Waals surface area contributed by atoms with E-state index in [9.17, 15) is 4.79 Å². The van der Waals surface area contributed by atoms with Crippen molar-refractivity contribution >= 4 is 39.7 Å². The Balaban J connectivity index is 1.71. The van der Waals surface area contributed by atoms with Crippen LogP contribution < -0.4 is 14.5 Å². The van der Waals surface area contributed by atoms with Gasteiger partial charge in [0.25, 0.3) is 0 Å². The molecule has 0 aliphatic carbocycles. The first-order valence-electron chi connectivity index (χ1n) is 10.7. The van der Waals surface area contributed by atoms with Gasteiger partial charge < -0.3 is 14.5 Å². The first-order chi connectivity index (χ1) is 16.0. The Morgan fingerprint density at radius 3 is 2.39 bits per heavy atom. The summed E-state index contributed by atoms with van der Waals surface area (Å²) in [5, 5.41) is 2.64. The van der Waals surface area contributed by atoms with Gasteiger partial charge in [-0.2, -0.15) is 0 Å². The van der Waals surface area contributed by atoms with Gasteiger partial charge in [0.1, 0.15) is 5.75 Å². The zero-order chi connectivity index (χ0) is 23.4. The molecule has 0 saturated heterocycles. The number of methoxy groups -OCH3 is 1. The molecular weight excluding hydrogens is 434 g/mol. The number of anilines is 2. The Bertz CT molecular complexity index is 1270. The van der Waals surface area contributed by atoms with E-state index in [0.29, 0.717) is 17.3 Å². The van der Waals surface area contributed by atoms with Gasteiger partial charge in [-0.3, -0.25) is 9.78 Å². The van der Waals surface area contributed by atoms with Crippen LogP contribution >= 0.6 is 11.6 Å². The van der Waals surface area contributed by atoms with E-state index in [1.807, 2.05) is 85.9 Å². The molecule has 5 nitrogen and oxygen atoms in total. The summed E-state index contributed by atoms with van der Waals surface area (Å²) in [5.74, 6) is 0.654. The molecule has 0 atom stereocenters. The Morgan fingerprint density at radius 1 is 0.939 bits per heavy atom. The minimum absolute atomic E-state index is 0.0345. The second-order valence-electron chi connectivity index (χ2n) is 8.04. The van der Waals surface area contributed by atoms with Gasteiger partial charge >= 0.3 is 0 Å². The van der Waals surface area contributed by atoms with Crippen LogP contribution in [0.1, 0.15) is 11.1 Å². The Kier molecular flexibility index (Phi) is 6.80. The summed E-state index contributed by atoms with van der Waals surface area (Å²) in [6.07, 6.45) is 3.82. The third-order valence-electron chi connectivity index (χ3n) is 5.64. The highest BCUT2D eigenvalue weighted by molar-refractivity contribution is 6.30. The number of hydrogen-bond donors (Lipinski definition) is 0. The lowest BCUT2D eigenvalue weighted by Gasteiger charge is -2.25. The Labute approximate surface area is 199 Å². The van der Waals surface area contributed by atoms with Crippen LogP contribution in [0.2, 0.25) is 5.02 Å². The lowest BCUT2D eigenvalue weighted by atomic mass is 10.0. The molecule has 0 bridgehead atoms. The number of benzene rings is 3. The van der Waals surface area contributed by atoms with E-state index in [2.05, 4.69) is 4.98 Å². The summed E-state index contributed by atoms with van der Waals surface area (Å²) in [6.45, 7) is 0.335. The summed E-state index contributed by atoms with van der Waals surface area (Å²) in [5.41, 5.74) is 3.60. The number of carbonyl (C=O) groups excluding carboxylic acids is 1. The highest BCUT2D eigenvalue weighted by Crippen LogP contribution is 2.28. The number of aromatic nitrogens is 1. The minimum atomic E-state index is -0.0345. The third kappa shape index (κ3) is 5.10. The zero-order valence-corrected chi connectivity index (χ0v) is 19.7. The fraction of sp³-hybridized carbons (Fsp3) is 0.185. The largest absolute Gasteiger partial charge is 0.496 e. The predicted octanol–water partition coefficient (Wildman–Crippen LogP) is 5.74. The van der Waals surface area contributed by atoms with Crippen LogP contribution in [0.3, 0.4) is 0 Å². The monoisotopic (exact) mass is 459 g/mol. The molecule has 0 saturated carbocycles. The van der Waals surface area contributed by atoms with Crippen LogP contribution in [0.5, 0.6) is 5.75 Å². The lowest BCUT2D eigenvalue weighted by molar-refractivity contribution is -0.118. The van der Waals surface area contributed by atoms with Crippen LogP contribution in [-0.4, -0.2) is 32.1 Å². The average Bonchev–Trinajstić information content (AvgIpc) is 2.83. The van der Waals surface area contributed by atoms with Gasteiger partial charge in [-0.1, -0.05) is 35.9 Å². The SMILES string of the molecule is COc1ccc(Cl)cc1CN(C(=O)Cc1cncc2ccccc12)c1ccc(N(C)C)cc1. The van der Waals surface area contributed by atoms with Gasteiger partial charge in [0.15, 0.2) is 0 Å². The number of rotatable bonds is 7. The van der Waals surface area contributed by atoms with Crippen molar-refractivity contribution in [2.45, 2.75) is 13.0 Å². The normalized spacial score (nSPS) is 10.8. The molecule has 3 aromatic carbocycles. The van der Waals surface area contributed by atoms with E-state index in [1.54, 1.807) is 24.3 Å². The molecule has 6 heteroatoms. The molecule has 1 heterocycles. The van der Waals surface area contributed by atoms with Crippen molar-refractivity contribution in [3.63, 3.8) is 0 Å². The van der Waals surface area contributed by atoms with Crippen molar-refractivity contribution in [3.05, 3.63) is 95.3 Å². The summed E-state index contributed by atoms with van der Waals surface area (Å²) < 4.78 is 5.53. The van der Waals surface area contributed by atoms with Crippen molar-refractivity contribution in [1.82, 2.24) is 4.98 Å². The van der Waals surface area contributed by atoms with Crippen molar-refractivity contribution in [2.75, 3.05) is 31.0 Å². The first kappa shape index (κ1) is 22.6. The molecule has 0 N–H and O–H groups in total. The fourth-order valence-corrected chi connectivity index (χ4v) is 4.07. The molecule has 1 amide bonds. The number of halogens is 1. The average molecular weight is 460 g/mol. The topological polar surface area (TPSA) is 45.7 Å². The van der Waals surface area contributed by atoms with E-state index in [-0.39, 0.29) is 12.3 Å². The molecule has 168 valence electrons. The van der Waals surface area contributed by atoms with E-state index >= 15 is 0 Å². The number of pyridine rings is 1. The maximum atomic E-state index is 13.7. The first-order valence-corrected chi connectivity index (χ1v) is 11.1. The van der Waals surface area contributed by atoms with E-state index in [4.69, 9.17) is 16.3 Å². The number of amides is 1. The Morgan fingerprint density at radius 2 is 1.67 bits per heavy atom. The highest BCUT2D eigenvalue weighted by atomic mass is 35.5. The van der Waals surface area contributed by atoms with Crippen molar-refractivity contribution in [3.8, 4) is 5.75 Å². The van der Waals surface area contributed by atoms with Crippen LogP contribution in [0.4, 0.5) is 11.4 Å². The summed E-state index contributed by atoms with van der Waals surface area (Å²) >= 11 is 6.26. The molecule has 0 radical (unpaired) electrons. The van der Waals surface area contributed by atoms with E-state index in [1.165, 1.54) is 0 Å². The fourth-order valence-electron chi connectivity index (χ4n) is 3.87. The molecular formula is C27H26ClN3O2. The number of ether oxygens (including phenoxy) is 1. The number of hydrogen-bond acceptors (Lipinski definition) is 4. The smallest absolute Gasteiger partial charge is 0.231 e. The van der Waals surface area contributed by atoms with Crippen LogP contribution in [0.25, 0.3) is 10.8 Å². The standard InChI is InChI=1S/C27H26ClN3O2/c1-30(2)23-9-11-24(12-10-23)31(18-21-14-22(28)8-13-26(21)33-3)27(32)15-20-17-29-16-19-6-4-5-7-25(19)20/h4-14,16-17H,15,18H2,1-3H3. The third-order valence-corrected chi connectivity index (χ3v) is 5.88. The van der Waals surface area contributed by atoms with Crippen molar-refractivity contribution in [1.29, 1.82) is 0 Å². The molecule has 0 fully saturated rings. The second kappa shape index (κ2) is 9.92. The van der Waals surface area contributed by atoms with Gasteiger partial charge in [0.2, 0.25) is 5.91 Å². The van der Waals surface area contributed by atoms with Gasteiger partial charge in [-0.25, -0.2) is 0 Å². The highest BCUT2D eigenvalue weighted by Gasteiger charge is 2.20. The van der Waals surface area contributed by atoms with Crippen LogP contribution in [-0.2, 0) is 17.8 Å². The molecule has 0 aliphatic rings. The maximum absolute atomic E-state index is 13.7. The van der Waals surface area contributed by atoms with Gasteiger partial charge in [0.05, 0.1) is 20.1 Å². The van der Waals surface area contributed by atoms with Crippen molar-refractivity contribution in [2.24, 2.45) is 0 Å². The zero-order valence-electron chi connectivity index (χ0n) is 19.0. The maximum Gasteiger partial charge on any atom is 0.231 e. The molecule has 4 aromatic rings. The van der Waals surface area contributed by atoms with Crippen LogP contribution in [0.15, 0.2) is 79.1 Å². The molecule has 4 rings (SSSR count). The number of fused-ring (bicyclic) bond motifs is 1. The summed E-state index contributed by atoms with van der Waals surface area (Å²) in [4.78, 5) is 21.8. The van der Waals surface area contributed by atoms with Crippen LogP contribution in [0, 0.1) is 0 Å². The van der Waals surface area contributed by atoms with Gasteiger partial charge in [0, 0.05) is 53.8 Å². The minimum Gasteiger partial charge on any atom is -0.496 e. The second-order valence-corrected chi connectivity index (χ2v) is 8.48. The number of nitrogens with zero attached hydrogens (tertiary/aromatic N) is 3. The van der Waals surface area contributed by atoms with Crippen molar-refractivity contribution < 1.29 is 9.53 Å². The summed E-state index contributed by atoms with van der Waals surface area (Å²) in [7, 11) is 5.59. The lowest BCUT2D eigenvalue weighted by Crippen LogP contribution is -2.32. The van der Waals surface area contributed by atoms with E-state index < -0.39 is 0 Å². The molecule has 0 spiro atoms. The number of carbonyl (C=O) groups is 1. The molecule has 33 heavy (non-hydrogen) atoms. The predicted molar refractivity (Wildman–Crippen MR) is 135 cm³/mol. The van der Waals surface area contributed by atoms with Gasteiger partial charge in [-0.05, 0) is 53.4 Å². The molecule has 1 aromatic heterocycles. The molecule has 0 unspecified atom stereocenters. The summed E-state index contributed by atoms with van der Waals surface area (Å²) in [6, 6.07) is 21.4. The van der Waals surface area contributed by atoms with Gasteiger partial charge in [-0.15, -0.1) is 0 Å². The van der Waals surface area contributed by atoms with E-state index in [0.717, 1.165) is 33.3 Å². The quantitative estimate of drug-likeness (QED) is 0.353. The Hall–Kier alpha value is -3.57.